The fraction of sp³-hybridized carbons (Fsp3) is 0.800. The highest BCUT2D eigenvalue weighted by Gasteiger charge is 2.32. The molecule has 1 N–H and O–H groups in total. The minimum absolute atomic E-state index is 0.0164. The Bertz CT molecular complexity index is 630. The van der Waals surface area contributed by atoms with Crippen LogP contribution in [0, 0.1) is 17.2 Å². The van der Waals surface area contributed by atoms with Crippen LogP contribution < -0.4 is 5.32 Å². The van der Waals surface area contributed by atoms with Gasteiger partial charge in [-0.2, -0.15) is 5.26 Å². The average molecular weight is 390 g/mol. The van der Waals surface area contributed by atoms with Gasteiger partial charge in [-0.15, -0.1) is 0 Å². The summed E-state index contributed by atoms with van der Waals surface area (Å²) in [6, 6.07) is 2.25. The van der Waals surface area contributed by atoms with Crippen molar-refractivity contribution in [1.29, 1.82) is 5.26 Å². The SMILES string of the molecule is CC(=O)N1CCN(C(=O)C2CCC(NC(=O)CN3CCC[C@H]3C#N)CC2)CC1. The molecule has 0 aromatic rings. The Balaban J connectivity index is 1.38. The topological polar surface area (TPSA) is 96.8 Å². The fourth-order valence-corrected chi connectivity index (χ4v) is 4.60. The van der Waals surface area contributed by atoms with Crippen molar-refractivity contribution in [1.82, 2.24) is 20.0 Å². The van der Waals surface area contributed by atoms with E-state index in [1.54, 1.807) is 11.8 Å². The number of piperazine rings is 1. The summed E-state index contributed by atoms with van der Waals surface area (Å²) in [4.78, 5) is 42.1. The molecule has 0 spiro atoms. The predicted octanol–water partition coefficient (Wildman–Crippen LogP) is 0.340. The first kappa shape index (κ1) is 20.6. The second-order valence-corrected chi connectivity index (χ2v) is 8.21. The van der Waals surface area contributed by atoms with Crippen LogP contribution in [0.25, 0.3) is 0 Å². The number of nitrogens with zero attached hydrogens (tertiary/aromatic N) is 4. The standard InChI is InChI=1S/C20H31N5O3/c1-15(26)23-9-11-24(12-10-23)20(28)16-4-6-17(7-5-16)22-19(27)14-25-8-2-3-18(25)13-21/h16-18H,2-12,14H2,1H3,(H,22,27)/t16?,17?,18-/m0/s1. The molecule has 3 fully saturated rings. The highest BCUT2D eigenvalue weighted by Crippen LogP contribution is 2.26. The van der Waals surface area contributed by atoms with Gasteiger partial charge in [0.25, 0.3) is 0 Å². The summed E-state index contributed by atoms with van der Waals surface area (Å²) in [5, 5.41) is 12.2. The van der Waals surface area contributed by atoms with Crippen molar-refractivity contribution in [2.75, 3.05) is 39.3 Å². The van der Waals surface area contributed by atoms with Crippen molar-refractivity contribution >= 4 is 17.7 Å². The van der Waals surface area contributed by atoms with Crippen LogP contribution in [-0.2, 0) is 14.4 Å². The summed E-state index contributed by atoms with van der Waals surface area (Å²) < 4.78 is 0. The number of nitrogens with one attached hydrogen (secondary N) is 1. The van der Waals surface area contributed by atoms with Gasteiger partial charge in [-0.25, -0.2) is 0 Å². The van der Waals surface area contributed by atoms with E-state index in [2.05, 4.69) is 11.4 Å². The number of hydrogen-bond acceptors (Lipinski definition) is 5. The highest BCUT2D eigenvalue weighted by atomic mass is 16.2. The maximum atomic E-state index is 12.8. The molecule has 28 heavy (non-hydrogen) atoms. The minimum Gasteiger partial charge on any atom is -0.352 e. The lowest BCUT2D eigenvalue weighted by atomic mass is 9.85. The minimum atomic E-state index is -0.137. The number of carbonyl (C=O) groups excluding carboxylic acids is 3. The highest BCUT2D eigenvalue weighted by molar-refractivity contribution is 5.80. The molecule has 0 aromatic heterocycles. The molecule has 0 unspecified atom stereocenters. The molecule has 2 heterocycles. The first-order chi connectivity index (χ1) is 13.5. The summed E-state index contributed by atoms with van der Waals surface area (Å²) in [7, 11) is 0. The molecule has 0 aromatic carbocycles. The number of hydrogen-bond donors (Lipinski definition) is 1. The summed E-state index contributed by atoms with van der Waals surface area (Å²) in [5.41, 5.74) is 0. The number of likely N-dealkylation sites (tertiary alicyclic amines) is 1. The Morgan fingerprint density at radius 3 is 2.21 bits per heavy atom. The van der Waals surface area contributed by atoms with Crippen LogP contribution in [0.3, 0.4) is 0 Å². The largest absolute Gasteiger partial charge is 0.352 e. The van der Waals surface area contributed by atoms with E-state index in [1.807, 2.05) is 9.80 Å². The third-order valence-corrected chi connectivity index (χ3v) is 6.34. The molecular weight excluding hydrogens is 358 g/mol. The van der Waals surface area contributed by atoms with Crippen LogP contribution in [0.2, 0.25) is 0 Å². The third kappa shape index (κ3) is 5.02. The van der Waals surface area contributed by atoms with Crippen molar-refractivity contribution in [3.63, 3.8) is 0 Å². The van der Waals surface area contributed by atoms with Gasteiger partial charge in [0, 0.05) is 51.6 Å². The average Bonchev–Trinajstić information content (AvgIpc) is 3.15. The molecule has 1 saturated carbocycles. The quantitative estimate of drug-likeness (QED) is 0.748. The Morgan fingerprint density at radius 1 is 0.964 bits per heavy atom. The Labute approximate surface area is 166 Å². The van der Waals surface area contributed by atoms with E-state index in [-0.39, 0.29) is 42.3 Å². The van der Waals surface area contributed by atoms with E-state index in [0.29, 0.717) is 26.2 Å². The maximum absolute atomic E-state index is 12.8. The molecular formula is C20H31N5O3. The van der Waals surface area contributed by atoms with Crippen molar-refractivity contribution in [3.8, 4) is 6.07 Å². The van der Waals surface area contributed by atoms with Gasteiger partial charge in [-0.3, -0.25) is 19.3 Å². The first-order valence-corrected chi connectivity index (χ1v) is 10.4. The van der Waals surface area contributed by atoms with Gasteiger partial charge < -0.3 is 15.1 Å². The van der Waals surface area contributed by atoms with Gasteiger partial charge in [0.05, 0.1) is 18.7 Å². The van der Waals surface area contributed by atoms with Gasteiger partial charge in [0.15, 0.2) is 0 Å². The lowest BCUT2D eigenvalue weighted by molar-refractivity contribution is -0.142. The molecule has 1 atom stereocenters. The van der Waals surface area contributed by atoms with Crippen LogP contribution in [0.4, 0.5) is 0 Å². The first-order valence-electron chi connectivity index (χ1n) is 10.4. The molecule has 1 aliphatic carbocycles. The molecule has 8 nitrogen and oxygen atoms in total. The maximum Gasteiger partial charge on any atom is 0.234 e. The zero-order valence-corrected chi connectivity index (χ0v) is 16.7. The Morgan fingerprint density at radius 2 is 1.61 bits per heavy atom. The zero-order valence-electron chi connectivity index (χ0n) is 16.7. The molecule has 2 aliphatic heterocycles. The number of nitriles is 1. The second kappa shape index (κ2) is 9.37. The monoisotopic (exact) mass is 389 g/mol. The molecule has 3 aliphatic rings. The molecule has 2 saturated heterocycles. The van der Waals surface area contributed by atoms with E-state index >= 15 is 0 Å². The van der Waals surface area contributed by atoms with Gasteiger partial charge in [-0.05, 0) is 38.5 Å². The summed E-state index contributed by atoms with van der Waals surface area (Å²) in [6.07, 6.45) is 5.04. The molecule has 0 bridgehead atoms. The van der Waals surface area contributed by atoms with Crippen molar-refractivity contribution in [2.45, 2.75) is 57.5 Å². The van der Waals surface area contributed by atoms with Gasteiger partial charge in [0.1, 0.15) is 0 Å². The van der Waals surface area contributed by atoms with Crippen molar-refractivity contribution < 1.29 is 14.4 Å². The smallest absolute Gasteiger partial charge is 0.234 e. The molecule has 0 radical (unpaired) electrons. The molecule has 154 valence electrons. The van der Waals surface area contributed by atoms with E-state index in [1.165, 1.54) is 0 Å². The Kier molecular flexibility index (Phi) is 6.89. The zero-order chi connectivity index (χ0) is 20.1. The van der Waals surface area contributed by atoms with Crippen LogP contribution in [0.5, 0.6) is 0 Å². The summed E-state index contributed by atoms with van der Waals surface area (Å²) >= 11 is 0. The van der Waals surface area contributed by atoms with Crippen LogP contribution >= 0.6 is 0 Å². The summed E-state index contributed by atoms with van der Waals surface area (Å²) in [5.74, 6) is 0.274. The van der Waals surface area contributed by atoms with E-state index in [9.17, 15) is 14.4 Å². The lowest BCUT2D eigenvalue weighted by Crippen LogP contribution is -2.52. The van der Waals surface area contributed by atoms with E-state index < -0.39 is 0 Å². The number of rotatable bonds is 4. The van der Waals surface area contributed by atoms with Gasteiger partial charge in [0.2, 0.25) is 17.7 Å². The molecule has 8 heteroatoms. The normalized spacial score (nSPS) is 28.6. The van der Waals surface area contributed by atoms with Crippen LogP contribution in [0.15, 0.2) is 0 Å². The van der Waals surface area contributed by atoms with E-state index in [4.69, 9.17) is 5.26 Å². The van der Waals surface area contributed by atoms with Gasteiger partial charge >= 0.3 is 0 Å². The third-order valence-electron chi connectivity index (χ3n) is 6.34. The van der Waals surface area contributed by atoms with E-state index in [0.717, 1.165) is 45.1 Å². The van der Waals surface area contributed by atoms with Crippen LogP contribution in [-0.4, -0.2) is 83.8 Å². The molecule has 3 amide bonds. The molecule has 3 rings (SSSR count). The number of carbonyl (C=O) groups is 3. The fourth-order valence-electron chi connectivity index (χ4n) is 4.60. The predicted molar refractivity (Wildman–Crippen MR) is 103 cm³/mol. The van der Waals surface area contributed by atoms with Crippen LogP contribution in [0.1, 0.15) is 45.4 Å². The van der Waals surface area contributed by atoms with Crippen molar-refractivity contribution in [2.24, 2.45) is 5.92 Å². The summed E-state index contributed by atoms with van der Waals surface area (Å²) in [6.45, 7) is 5.13. The lowest BCUT2D eigenvalue weighted by Gasteiger charge is -2.37. The second-order valence-electron chi connectivity index (χ2n) is 8.21. The Hall–Kier alpha value is -2.14. The van der Waals surface area contributed by atoms with Crippen molar-refractivity contribution in [3.05, 3.63) is 0 Å². The van der Waals surface area contributed by atoms with Gasteiger partial charge in [-0.1, -0.05) is 0 Å². The number of amides is 3.